The van der Waals surface area contributed by atoms with Crippen LogP contribution in [-0.4, -0.2) is 52.5 Å². The number of nitrogens with zero attached hydrogens (tertiary/aromatic N) is 3. The number of aromatic nitrogens is 2. The Morgan fingerprint density at radius 2 is 1.86 bits per heavy atom. The number of hydrogen-bond acceptors (Lipinski definition) is 6. The summed E-state index contributed by atoms with van der Waals surface area (Å²) in [5.74, 6) is 1.14. The lowest BCUT2D eigenvalue weighted by molar-refractivity contribution is -0.00151. The average Bonchev–Trinajstić information content (AvgIpc) is 2.88. The highest BCUT2D eigenvalue weighted by Crippen LogP contribution is 2.42. The van der Waals surface area contributed by atoms with Gasteiger partial charge in [-0.3, -0.25) is 15.0 Å². The molecule has 0 radical (unpaired) electrons. The number of aryl methyl sites for hydroxylation is 1. The molecular formula is C28H29FN4O3. The third-order valence-electron chi connectivity index (χ3n) is 7.20. The molecule has 1 amide bonds. The molecule has 0 saturated carbocycles. The highest BCUT2D eigenvalue weighted by Gasteiger charge is 2.42. The van der Waals surface area contributed by atoms with E-state index in [-0.39, 0.29) is 23.6 Å². The maximum absolute atomic E-state index is 13.4. The molecule has 3 saturated heterocycles. The highest BCUT2D eigenvalue weighted by atomic mass is 19.1. The Labute approximate surface area is 209 Å². The molecule has 2 bridgehead atoms. The van der Waals surface area contributed by atoms with Gasteiger partial charge in [-0.1, -0.05) is 0 Å². The van der Waals surface area contributed by atoms with Gasteiger partial charge in [-0.25, -0.2) is 19.2 Å². The Morgan fingerprint density at radius 3 is 2.53 bits per heavy atom. The van der Waals surface area contributed by atoms with Crippen molar-refractivity contribution >= 4 is 17.6 Å². The summed E-state index contributed by atoms with van der Waals surface area (Å²) in [7, 11) is 0. The number of halogens is 1. The molecule has 2 aromatic carbocycles. The zero-order valence-corrected chi connectivity index (χ0v) is 20.4. The van der Waals surface area contributed by atoms with Gasteiger partial charge in [0.2, 0.25) is 0 Å². The number of rotatable bonds is 6. The first-order chi connectivity index (χ1) is 17.4. The van der Waals surface area contributed by atoms with Gasteiger partial charge in [0.05, 0.1) is 5.69 Å². The summed E-state index contributed by atoms with van der Waals surface area (Å²) in [6.07, 6.45) is 1.51. The molecule has 3 aromatic rings. The van der Waals surface area contributed by atoms with Gasteiger partial charge in [-0.15, -0.1) is 0 Å². The fraction of sp³-hybridized carbons (Fsp3) is 0.357. The van der Waals surface area contributed by atoms with E-state index in [0.29, 0.717) is 29.6 Å². The number of carbonyl (C=O) groups excluding carboxylic acids is 2. The topological polar surface area (TPSA) is 84.4 Å². The lowest BCUT2D eigenvalue weighted by Gasteiger charge is -2.49. The van der Waals surface area contributed by atoms with Crippen LogP contribution in [0.1, 0.15) is 47.6 Å². The van der Waals surface area contributed by atoms with Gasteiger partial charge in [0.25, 0.3) is 0 Å². The minimum Gasteiger partial charge on any atom is -0.448 e. The van der Waals surface area contributed by atoms with Crippen LogP contribution in [-0.2, 0) is 4.74 Å². The predicted molar refractivity (Wildman–Crippen MR) is 134 cm³/mol. The zero-order valence-electron chi connectivity index (χ0n) is 20.4. The van der Waals surface area contributed by atoms with E-state index in [1.807, 2.05) is 13.0 Å². The van der Waals surface area contributed by atoms with Crippen LogP contribution in [0.4, 0.5) is 14.9 Å². The van der Waals surface area contributed by atoms with Crippen LogP contribution in [0.15, 0.2) is 54.6 Å². The third-order valence-corrected chi connectivity index (χ3v) is 7.20. The summed E-state index contributed by atoms with van der Waals surface area (Å²) in [6, 6.07) is 15.3. The van der Waals surface area contributed by atoms with Crippen LogP contribution >= 0.6 is 0 Å². The summed E-state index contributed by atoms with van der Waals surface area (Å²) in [4.78, 5) is 35.5. The summed E-state index contributed by atoms with van der Waals surface area (Å²) in [6.45, 7) is 5.54. The number of ketones is 1. The van der Waals surface area contributed by atoms with Gasteiger partial charge in [0.1, 0.15) is 18.2 Å². The molecular weight excluding hydrogens is 459 g/mol. The lowest BCUT2D eigenvalue weighted by Crippen LogP contribution is -2.54. The van der Waals surface area contributed by atoms with E-state index >= 15 is 0 Å². The molecule has 6 rings (SSSR count). The number of nitrogens with one attached hydrogen (secondary N) is 1. The van der Waals surface area contributed by atoms with Crippen molar-refractivity contribution in [1.82, 2.24) is 14.9 Å². The monoisotopic (exact) mass is 488 g/mol. The van der Waals surface area contributed by atoms with E-state index in [0.717, 1.165) is 42.9 Å². The van der Waals surface area contributed by atoms with Gasteiger partial charge in [0.15, 0.2) is 5.78 Å². The molecule has 3 fully saturated rings. The normalized spacial score (nSPS) is 22.8. The Morgan fingerprint density at radius 1 is 1.11 bits per heavy atom. The maximum Gasteiger partial charge on any atom is 0.411 e. The second-order valence-electron chi connectivity index (χ2n) is 9.63. The summed E-state index contributed by atoms with van der Waals surface area (Å²) in [5.41, 5.74) is 3.88. The van der Waals surface area contributed by atoms with E-state index in [2.05, 4.69) is 15.2 Å². The van der Waals surface area contributed by atoms with Crippen molar-refractivity contribution in [2.45, 2.75) is 38.6 Å². The molecule has 8 heteroatoms. The van der Waals surface area contributed by atoms with Crippen molar-refractivity contribution in [3.05, 3.63) is 77.5 Å². The Kier molecular flexibility index (Phi) is 6.78. The van der Waals surface area contributed by atoms with Crippen LogP contribution < -0.4 is 5.32 Å². The second-order valence-corrected chi connectivity index (χ2v) is 9.63. The van der Waals surface area contributed by atoms with Gasteiger partial charge in [0, 0.05) is 41.0 Å². The number of fused-ring (bicyclic) bond motifs is 3. The first-order valence-electron chi connectivity index (χ1n) is 12.3. The largest absolute Gasteiger partial charge is 0.448 e. The lowest BCUT2D eigenvalue weighted by atomic mass is 9.74. The van der Waals surface area contributed by atoms with Gasteiger partial charge >= 0.3 is 6.09 Å². The average molecular weight is 489 g/mol. The smallest absolute Gasteiger partial charge is 0.411 e. The Bertz CT molecular complexity index is 1260. The number of piperidine rings is 3. The Balaban J connectivity index is 1.20. The fourth-order valence-electron chi connectivity index (χ4n) is 5.31. The fourth-order valence-corrected chi connectivity index (χ4v) is 5.31. The molecule has 1 aromatic heterocycles. The highest BCUT2D eigenvalue weighted by molar-refractivity contribution is 5.94. The second kappa shape index (κ2) is 10.1. The van der Waals surface area contributed by atoms with Gasteiger partial charge in [-0.05, 0) is 93.7 Å². The SMILES string of the molecule is CC(=O)c1ccc(NC(=O)OC[C@H]2C[C@@H]3CCN2C[C@@H]3c2cc(-c3ccc(F)cc3)nc(C)n2)cc1. The molecule has 7 nitrogen and oxygen atoms in total. The minimum atomic E-state index is -0.500. The summed E-state index contributed by atoms with van der Waals surface area (Å²) < 4.78 is 18.9. The molecule has 1 N–H and O–H groups in total. The number of Topliss-reactive ketones (excluding diaryl/α,β-unsaturated/α-hetero) is 1. The molecule has 4 heterocycles. The van der Waals surface area contributed by atoms with Crippen LogP contribution in [0.5, 0.6) is 0 Å². The first-order valence-corrected chi connectivity index (χ1v) is 12.3. The molecule has 1 unspecified atom stereocenters. The quantitative estimate of drug-likeness (QED) is 0.479. The van der Waals surface area contributed by atoms with E-state index in [1.54, 1.807) is 36.4 Å². The first kappa shape index (κ1) is 24.1. The van der Waals surface area contributed by atoms with E-state index in [9.17, 15) is 14.0 Å². The van der Waals surface area contributed by atoms with Crippen molar-refractivity contribution in [2.24, 2.45) is 5.92 Å². The van der Waals surface area contributed by atoms with E-state index in [1.165, 1.54) is 19.1 Å². The van der Waals surface area contributed by atoms with E-state index < -0.39 is 6.09 Å². The zero-order chi connectivity index (χ0) is 25.2. The van der Waals surface area contributed by atoms with E-state index in [4.69, 9.17) is 9.72 Å². The molecule has 3 aliphatic heterocycles. The summed E-state index contributed by atoms with van der Waals surface area (Å²) >= 11 is 0. The van der Waals surface area contributed by atoms with Crippen LogP contribution in [0, 0.1) is 18.7 Å². The van der Waals surface area contributed by atoms with Crippen molar-refractivity contribution in [1.29, 1.82) is 0 Å². The third kappa shape index (κ3) is 5.28. The number of anilines is 1. The standard InChI is InChI=1S/C28H29FN4O3/c1-17(34)19-5-9-23(10-6-19)32-28(35)36-16-24-13-21-11-12-33(24)15-25(21)27-14-26(30-18(2)31-27)20-3-7-22(29)8-4-20/h3-10,14,21,24-25H,11-13,15-16H2,1-2H3,(H,32,35)/t21-,24+,25-/m0/s1. The number of carbonyl (C=O) groups is 2. The molecule has 0 aliphatic carbocycles. The maximum atomic E-state index is 13.4. The van der Waals surface area contributed by atoms with Crippen LogP contribution in [0.3, 0.4) is 0 Å². The molecule has 0 spiro atoms. The number of hydrogen-bond donors (Lipinski definition) is 1. The Hall–Kier alpha value is -3.65. The number of ether oxygens (including phenoxy) is 1. The number of amides is 1. The van der Waals surface area contributed by atoms with Crippen LogP contribution in [0.2, 0.25) is 0 Å². The predicted octanol–water partition coefficient (Wildman–Crippen LogP) is 5.22. The molecule has 3 aliphatic rings. The molecule has 186 valence electrons. The van der Waals surface area contributed by atoms with Crippen molar-refractivity contribution in [2.75, 3.05) is 25.0 Å². The minimum absolute atomic E-state index is 0.0207. The van der Waals surface area contributed by atoms with Crippen molar-refractivity contribution in [3.8, 4) is 11.3 Å². The van der Waals surface area contributed by atoms with Gasteiger partial charge in [-0.2, -0.15) is 0 Å². The van der Waals surface area contributed by atoms with Crippen molar-refractivity contribution < 1.29 is 18.7 Å². The molecule has 36 heavy (non-hydrogen) atoms. The number of benzene rings is 2. The van der Waals surface area contributed by atoms with Crippen molar-refractivity contribution in [3.63, 3.8) is 0 Å². The summed E-state index contributed by atoms with van der Waals surface area (Å²) in [5, 5.41) is 2.73. The molecule has 4 atom stereocenters. The van der Waals surface area contributed by atoms with Gasteiger partial charge < -0.3 is 4.74 Å². The van der Waals surface area contributed by atoms with Crippen LogP contribution in [0.25, 0.3) is 11.3 Å².